The van der Waals surface area contributed by atoms with E-state index in [1.165, 1.54) is 0 Å². The summed E-state index contributed by atoms with van der Waals surface area (Å²) in [4.78, 5) is 11.7. The summed E-state index contributed by atoms with van der Waals surface area (Å²) in [5, 5.41) is 0.678. The molecule has 1 aliphatic rings. The second-order valence-electron chi connectivity index (χ2n) is 5.03. The maximum Gasteiger partial charge on any atom is 0.307 e. The molecule has 0 amide bonds. The predicted octanol–water partition coefficient (Wildman–Crippen LogP) is 3.04. The van der Waals surface area contributed by atoms with Crippen LogP contribution in [0.2, 0.25) is 5.02 Å². The number of nitrogens with two attached hydrogens (primary N) is 1. The molecule has 2 rings (SSSR count). The van der Waals surface area contributed by atoms with Crippen LogP contribution >= 0.6 is 11.6 Å². The molecule has 0 heterocycles. The zero-order valence-corrected chi connectivity index (χ0v) is 11.1. The molecule has 1 saturated carbocycles. The molecule has 2 N–H and O–H groups in total. The Morgan fingerprint density at radius 2 is 1.89 bits per heavy atom. The third-order valence-corrected chi connectivity index (χ3v) is 3.66. The third-order valence-electron chi connectivity index (χ3n) is 3.41. The minimum atomic E-state index is -0.336. The molecule has 1 aromatic rings. The Hall–Kier alpha value is -1.06. The molecule has 0 radical (unpaired) electrons. The van der Waals surface area contributed by atoms with Gasteiger partial charge in [0.25, 0.3) is 0 Å². The average molecular weight is 268 g/mol. The van der Waals surface area contributed by atoms with Crippen molar-refractivity contribution in [2.45, 2.75) is 44.2 Å². The van der Waals surface area contributed by atoms with E-state index in [0.29, 0.717) is 11.4 Å². The van der Waals surface area contributed by atoms with Gasteiger partial charge in [0, 0.05) is 10.6 Å². The molecular formula is C14H18ClNO2. The van der Waals surface area contributed by atoms with Crippen molar-refractivity contribution in [2.75, 3.05) is 0 Å². The van der Waals surface area contributed by atoms with Gasteiger partial charge >= 0.3 is 5.97 Å². The zero-order chi connectivity index (χ0) is 13.0. The maximum atomic E-state index is 11.7. The van der Waals surface area contributed by atoms with E-state index < -0.39 is 0 Å². The number of esters is 1. The highest BCUT2D eigenvalue weighted by atomic mass is 35.5. The van der Waals surface area contributed by atoms with Crippen molar-refractivity contribution in [3.8, 4) is 0 Å². The Kier molecular flexibility index (Phi) is 4.25. The first-order valence-electron chi connectivity index (χ1n) is 6.26. The number of hydrogen-bond donors (Lipinski definition) is 1. The second-order valence-corrected chi connectivity index (χ2v) is 5.47. The van der Waals surface area contributed by atoms with E-state index in [2.05, 4.69) is 0 Å². The molecule has 0 atom stereocenters. The minimum absolute atomic E-state index is 0.214. The van der Waals surface area contributed by atoms with Gasteiger partial charge in [-0.15, -0.1) is 0 Å². The summed E-state index contributed by atoms with van der Waals surface area (Å²) in [7, 11) is 0. The lowest BCUT2D eigenvalue weighted by Crippen LogP contribution is -2.39. The van der Waals surface area contributed by atoms with E-state index in [-0.39, 0.29) is 18.1 Å². The summed E-state index contributed by atoms with van der Waals surface area (Å²) in [5.74, 6) is -0.214. The van der Waals surface area contributed by atoms with Gasteiger partial charge in [0.15, 0.2) is 0 Å². The molecule has 98 valence electrons. The Morgan fingerprint density at radius 1 is 1.28 bits per heavy atom. The van der Waals surface area contributed by atoms with Crippen LogP contribution in [-0.4, -0.2) is 11.5 Å². The van der Waals surface area contributed by atoms with Crippen LogP contribution < -0.4 is 5.73 Å². The Balaban J connectivity index is 1.79. The zero-order valence-electron chi connectivity index (χ0n) is 10.3. The number of carbonyl (C=O) groups excluding carboxylic acids is 1. The number of halogens is 1. The number of ether oxygens (including phenoxy) is 1. The molecule has 0 bridgehead atoms. The molecule has 1 aliphatic carbocycles. The predicted molar refractivity (Wildman–Crippen MR) is 71.3 cm³/mol. The summed E-state index contributed by atoms with van der Waals surface area (Å²) in [6.45, 7) is 0.284. The Morgan fingerprint density at radius 3 is 2.50 bits per heavy atom. The monoisotopic (exact) mass is 267 g/mol. The molecule has 3 nitrogen and oxygen atoms in total. The largest absolute Gasteiger partial charge is 0.461 e. The van der Waals surface area contributed by atoms with Crippen LogP contribution in [0.3, 0.4) is 0 Å². The van der Waals surface area contributed by atoms with Crippen LogP contribution in [0.25, 0.3) is 0 Å². The summed E-state index contributed by atoms with van der Waals surface area (Å²) in [6.07, 6.45) is 4.38. The number of hydrogen-bond acceptors (Lipinski definition) is 3. The van der Waals surface area contributed by atoms with Gasteiger partial charge in [-0.1, -0.05) is 36.6 Å². The quantitative estimate of drug-likeness (QED) is 0.853. The molecule has 0 aromatic heterocycles. The van der Waals surface area contributed by atoms with Gasteiger partial charge < -0.3 is 10.5 Å². The number of carbonyl (C=O) groups is 1. The fourth-order valence-corrected chi connectivity index (χ4v) is 2.46. The fourth-order valence-electron chi connectivity index (χ4n) is 2.34. The van der Waals surface area contributed by atoms with Gasteiger partial charge in [0.05, 0.1) is 6.42 Å². The molecular weight excluding hydrogens is 250 g/mol. The van der Waals surface area contributed by atoms with E-state index in [1.807, 2.05) is 12.1 Å². The van der Waals surface area contributed by atoms with Gasteiger partial charge in [-0.3, -0.25) is 4.79 Å². The van der Waals surface area contributed by atoms with E-state index in [1.54, 1.807) is 12.1 Å². The first-order chi connectivity index (χ1) is 8.57. The van der Waals surface area contributed by atoms with Crippen molar-refractivity contribution in [3.05, 3.63) is 34.9 Å². The van der Waals surface area contributed by atoms with Crippen molar-refractivity contribution in [1.29, 1.82) is 0 Å². The molecule has 0 saturated heterocycles. The van der Waals surface area contributed by atoms with Crippen molar-refractivity contribution < 1.29 is 9.53 Å². The van der Waals surface area contributed by atoms with E-state index in [9.17, 15) is 4.79 Å². The minimum Gasteiger partial charge on any atom is -0.461 e. The summed E-state index contributed by atoms with van der Waals surface area (Å²) >= 11 is 5.78. The Labute approximate surface area is 112 Å². The van der Waals surface area contributed by atoms with Crippen LogP contribution in [0.5, 0.6) is 0 Å². The lowest BCUT2D eigenvalue weighted by Gasteiger charge is -2.21. The molecule has 0 aliphatic heterocycles. The van der Waals surface area contributed by atoms with Crippen LogP contribution in [0.15, 0.2) is 24.3 Å². The molecule has 1 aromatic carbocycles. The van der Waals surface area contributed by atoms with Crippen LogP contribution in [-0.2, 0) is 16.1 Å². The molecule has 4 heteroatoms. The van der Waals surface area contributed by atoms with Gasteiger partial charge in [0.2, 0.25) is 0 Å². The van der Waals surface area contributed by atoms with Crippen LogP contribution in [0, 0.1) is 0 Å². The van der Waals surface area contributed by atoms with Crippen molar-refractivity contribution in [1.82, 2.24) is 0 Å². The topological polar surface area (TPSA) is 52.3 Å². The average Bonchev–Trinajstić information content (AvgIpc) is 2.75. The first-order valence-corrected chi connectivity index (χ1v) is 6.64. The number of benzene rings is 1. The lowest BCUT2D eigenvalue weighted by atomic mass is 9.95. The molecule has 0 spiro atoms. The van der Waals surface area contributed by atoms with E-state index in [4.69, 9.17) is 22.1 Å². The SMILES string of the molecule is NC1(CC(=O)OCc2ccc(Cl)cc2)CCCC1. The van der Waals surface area contributed by atoms with Crippen molar-refractivity contribution in [3.63, 3.8) is 0 Å². The lowest BCUT2D eigenvalue weighted by molar-refractivity contribution is -0.146. The van der Waals surface area contributed by atoms with Gasteiger partial charge in [-0.2, -0.15) is 0 Å². The highest BCUT2D eigenvalue weighted by Crippen LogP contribution is 2.30. The summed E-state index contributed by atoms with van der Waals surface area (Å²) in [5.41, 5.74) is 6.73. The summed E-state index contributed by atoms with van der Waals surface area (Å²) in [6, 6.07) is 7.27. The fraction of sp³-hybridized carbons (Fsp3) is 0.500. The van der Waals surface area contributed by atoms with Crippen LogP contribution in [0.1, 0.15) is 37.7 Å². The Bertz CT molecular complexity index is 410. The van der Waals surface area contributed by atoms with Crippen molar-refractivity contribution >= 4 is 17.6 Å². The second kappa shape index (κ2) is 5.72. The van der Waals surface area contributed by atoms with Crippen molar-refractivity contribution in [2.24, 2.45) is 5.73 Å². The highest BCUT2D eigenvalue weighted by Gasteiger charge is 2.32. The molecule has 18 heavy (non-hydrogen) atoms. The molecule has 1 fully saturated rings. The number of rotatable bonds is 4. The summed E-state index contributed by atoms with van der Waals surface area (Å²) < 4.78 is 5.23. The van der Waals surface area contributed by atoms with Gasteiger partial charge in [0.1, 0.15) is 6.61 Å². The highest BCUT2D eigenvalue weighted by molar-refractivity contribution is 6.30. The maximum absolute atomic E-state index is 11.7. The third kappa shape index (κ3) is 3.72. The van der Waals surface area contributed by atoms with Gasteiger partial charge in [-0.05, 0) is 30.5 Å². The first kappa shape index (κ1) is 13.4. The standard InChI is InChI=1S/C14H18ClNO2/c15-12-5-3-11(4-6-12)10-18-13(17)9-14(16)7-1-2-8-14/h3-6H,1-2,7-10,16H2. The van der Waals surface area contributed by atoms with E-state index in [0.717, 1.165) is 31.2 Å². The normalized spacial score (nSPS) is 17.7. The van der Waals surface area contributed by atoms with Gasteiger partial charge in [-0.25, -0.2) is 0 Å². The molecule has 0 unspecified atom stereocenters. The van der Waals surface area contributed by atoms with Crippen LogP contribution in [0.4, 0.5) is 0 Å². The smallest absolute Gasteiger partial charge is 0.307 e. The van der Waals surface area contributed by atoms with E-state index >= 15 is 0 Å².